The number of rotatable bonds is 4. The molecule has 0 bridgehead atoms. The molecule has 1 aromatic heterocycles. The largest absolute Gasteiger partial charge is 0.366 e. The third-order valence-electron chi connectivity index (χ3n) is 2.41. The van der Waals surface area contributed by atoms with Crippen LogP contribution in [0, 0.1) is 0 Å². The predicted molar refractivity (Wildman–Crippen MR) is 77.7 cm³/mol. The maximum Gasteiger partial charge on any atom is 0.263 e. The van der Waals surface area contributed by atoms with E-state index in [1.807, 2.05) is 0 Å². The molecule has 0 unspecified atom stereocenters. The highest BCUT2D eigenvalue weighted by atomic mass is 79.9. The van der Waals surface area contributed by atoms with Crippen molar-refractivity contribution >= 4 is 37.7 Å². The molecule has 0 fully saturated rings. The van der Waals surface area contributed by atoms with E-state index >= 15 is 0 Å². The molecular formula is C12H10BrN3O3S. The lowest BCUT2D eigenvalue weighted by Crippen LogP contribution is -2.15. The second-order valence-corrected chi connectivity index (χ2v) is 6.45. The Morgan fingerprint density at radius 1 is 1.20 bits per heavy atom. The van der Waals surface area contributed by atoms with E-state index in [4.69, 9.17) is 5.73 Å². The van der Waals surface area contributed by atoms with Crippen LogP contribution in [0.4, 0.5) is 5.82 Å². The average Bonchev–Trinajstić information content (AvgIpc) is 2.38. The minimum atomic E-state index is -3.76. The Bertz CT molecular complexity index is 745. The molecule has 0 saturated heterocycles. The number of hydrogen-bond donors (Lipinski definition) is 2. The Hall–Kier alpha value is -1.93. The average molecular weight is 356 g/mol. The zero-order chi connectivity index (χ0) is 14.8. The molecule has 104 valence electrons. The van der Waals surface area contributed by atoms with Gasteiger partial charge in [0.1, 0.15) is 5.82 Å². The molecule has 8 heteroatoms. The third-order valence-corrected chi connectivity index (χ3v) is 4.27. The smallest absolute Gasteiger partial charge is 0.263 e. The van der Waals surface area contributed by atoms with Crippen molar-refractivity contribution in [3.63, 3.8) is 0 Å². The Balaban J connectivity index is 2.28. The summed E-state index contributed by atoms with van der Waals surface area (Å²) >= 11 is 3.23. The van der Waals surface area contributed by atoms with Gasteiger partial charge in [-0.3, -0.25) is 9.52 Å². The number of nitrogens with one attached hydrogen (secondary N) is 1. The molecule has 3 N–H and O–H groups in total. The predicted octanol–water partition coefficient (Wildman–Crippen LogP) is 1.74. The lowest BCUT2D eigenvalue weighted by Gasteiger charge is -2.07. The van der Waals surface area contributed by atoms with Crippen molar-refractivity contribution < 1.29 is 13.2 Å². The van der Waals surface area contributed by atoms with Crippen molar-refractivity contribution in [1.82, 2.24) is 4.98 Å². The maximum absolute atomic E-state index is 12.1. The number of amides is 1. The number of benzene rings is 1. The molecular weight excluding hydrogens is 346 g/mol. The summed E-state index contributed by atoms with van der Waals surface area (Å²) in [6.45, 7) is 0. The zero-order valence-corrected chi connectivity index (χ0v) is 12.5. The first-order chi connectivity index (χ1) is 9.38. The van der Waals surface area contributed by atoms with E-state index in [1.165, 1.54) is 36.5 Å². The number of nitrogens with zero attached hydrogens (tertiary/aromatic N) is 1. The van der Waals surface area contributed by atoms with E-state index in [2.05, 4.69) is 25.6 Å². The molecule has 6 nitrogen and oxygen atoms in total. The fraction of sp³-hybridized carbons (Fsp3) is 0. The number of sulfonamides is 1. The number of pyridine rings is 1. The van der Waals surface area contributed by atoms with Gasteiger partial charge >= 0.3 is 0 Å². The molecule has 0 spiro atoms. The summed E-state index contributed by atoms with van der Waals surface area (Å²) in [7, 11) is -3.76. The maximum atomic E-state index is 12.1. The van der Waals surface area contributed by atoms with Crippen molar-refractivity contribution in [2.24, 2.45) is 5.73 Å². The van der Waals surface area contributed by atoms with Crippen LogP contribution in [-0.2, 0) is 10.0 Å². The van der Waals surface area contributed by atoms with E-state index in [-0.39, 0.29) is 16.3 Å². The van der Waals surface area contributed by atoms with Crippen molar-refractivity contribution in [3.05, 3.63) is 52.6 Å². The summed E-state index contributed by atoms with van der Waals surface area (Å²) in [6, 6.07) is 8.53. The number of halogens is 1. The first-order valence-corrected chi connectivity index (χ1v) is 7.70. The number of primary amides is 1. The highest BCUT2D eigenvalue weighted by Gasteiger charge is 2.15. The second-order valence-electron chi connectivity index (χ2n) is 3.85. The molecule has 1 aromatic carbocycles. The van der Waals surface area contributed by atoms with Gasteiger partial charge in [-0.25, -0.2) is 13.4 Å². The van der Waals surface area contributed by atoms with Crippen molar-refractivity contribution in [2.75, 3.05) is 4.72 Å². The van der Waals surface area contributed by atoms with Crippen LogP contribution < -0.4 is 10.5 Å². The van der Waals surface area contributed by atoms with Gasteiger partial charge in [0.05, 0.1) is 4.90 Å². The molecule has 0 aliphatic heterocycles. The third kappa shape index (κ3) is 3.34. The summed E-state index contributed by atoms with van der Waals surface area (Å²) in [6.07, 6.45) is 1.47. The normalized spacial score (nSPS) is 11.1. The Morgan fingerprint density at radius 2 is 1.85 bits per heavy atom. The van der Waals surface area contributed by atoms with E-state index < -0.39 is 15.9 Å². The van der Waals surface area contributed by atoms with Crippen LogP contribution in [0.15, 0.2) is 52.0 Å². The number of aromatic nitrogens is 1. The Labute approximate surface area is 124 Å². The fourth-order valence-electron chi connectivity index (χ4n) is 1.46. The molecule has 0 aliphatic carbocycles. The van der Waals surface area contributed by atoms with Gasteiger partial charge in [-0.15, -0.1) is 0 Å². The molecule has 1 heterocycles. The molecule has 0 atom stereocenters. The van der Waals surface area contributed by atoms with E-state index in [1.54, 1.807) is 6.07 Å². The van der Waals surface area contributed by atoms with E-state index in [9.17, 15) is 13.2 Å². The highest BCUT2D eigenvalue weighted by molar-refractivity contribution is 9.10. The Morgan fingerprint density at radius 3 is 2.40 bits per heavy atom. The summed E-state index contributed by atoms with van der Waals surface area (Å²) < 4.78 is 27.3. The van der Waals surface area contributed by atoms with Crippen molar-refractivity contribution in [1.29, 1.82) is 0 Å². The van der Waals surface area contributed by atoms with Crippen LogP contribution in [0.3, 0.4) is 0 Å². The van der Waals surface area contributed by atoms with E-state index in [0.29, 0.717) is 4.47 Å². The summed E-state index contributed by atoms with van der Waals surface area (Å²) in [4.78, 5) is 14.9. The number of hydrogen-bond acceptors (Lipinski definition) is 4. The van der Waals surface area contributed by atoms with Gasteiger partial charge in [0.2, 0.25) is 5.91 Å². The number of nitrogens with two attached hydrogens (primary N) is 1. The number of anilines is 1. The van der Waals surface area contributed by atoms with Crippen LogP contribution in [0.1, 0.15) is 10.4 Å². The number of carbonyl (C=O) groups excluding carboxylic acids is 1. The SMILES string of the molecule is NC(=O)c1ccc(S(=O)(=O)Nc2cc(Br)ccn2)cc1. The van der Waals surface area contributed by atoms with E-state index in [0.717, 1.165) is 0 Å². The first kappa shape index (κ1) is 14.5. The minimum Gasteiger partial charge on any atom is -0.366 e. The highest BCUT2D eigenvalue weighted by Crippen LogP contribution is 2.17. The lowest BCUT2D eigenvalue weighted by atomic mass is 10.2. The molecule has 2 aromatic rings. The summed E-state index contributed by atoms with van der Waals surface area (Å²) in [5, 5.41) is 0. The van der Waals surface area contributed by atoms with Crippen molar-refractivity contribution in [2.45, 2.75) is 4.90 Å². The van der Waals surface area contributed by atoms with Gasteiger partial charge in [0.15, 0.2) is 0 Å². The van der Waals surface area contributed by atoms with Crippen LogP contribution in [0.2, 0.25) is 0 Å². The van der Waals surface area contributed by atoms with Crippen molar-refractivity contribution in [3.8, 4) is 0 Å². The molecule has 0 radical (unpaired) electrons. The number of carbonyl (C=O) groups is 1. The monoisotopic (exact) mass is 355 g/mol. The van der Waals surface area contributed by atoms with Gasteiger partial charge in [-0.05, 0) is 36.4 Å². The second kappa shape index (κ2) is 5.59. The zero-order valence-electron chi connectivity index (χ0n) is 10.1. The standard InChI is InChI=1S/C12H10BrN3O3S/c13-9-5-6-15-11(7-9)16-20(18,19)10-3-1-8(2-4-10)12(14)17/h1-7H,(H2,14,17)(H,15,16). The first-order valence-electron chi connectivity index (χ1n) is 5.43. The molecule has 20 heavy (non-hydrogen) atoms. The summed E-state index contributed by atoms with van der Waals surface area (Å²) in [5.41, 5.74) is 5.33. The van der Waals surface area contributed by atoms with Gasteiger partial charge in [-0.2, -0.15) is 0 Å². The van der Waals surface area contributed by atoms with Gasteiger partial charge in [0, 0.05) is 16.2 Å². The minimum absolute atomic E-state index is 0.0178. The molecule has 0 saturated carbocycles. The topological polar surface area (TPSA) is 102 Å². The lowest BCUT2D eigenvalue weighted by molar-refractivity contribution is 0.1000. The molecule has 1 amide bonds. The van der Waals surface area contributed by atoms with Crippen LogP contribution in [0.5, 0.6) is 0 Å². The Kier molecular flexibility index (Phi) is 4.05. The molecule has 0 aliphatic rings. The van der Waals surface area contributed by atoms with Gasteiger partial charge < -0.3 is 5.73 Å². The van der Waals surface area contributed by atoms with Gasteiger partial charge in [0.25, 0.3) is 10.0 Å². The van der Waals surface area contributed by atoms with Gasteiger partial charge in [-0.1, -0.05) is 15.9 Å². The van der Waals surface area contributed by atoms with Crippen LogP contribution in [0.25, 0.3) is 0 Å². The van der Waals surface area contributed by atoms with Crippen LogP contribution in [-0.4, -0.2) is 19.3 Å². The summed E-state index contributed by atoms with van der Waals surface area (Å²) in [5.74, 6) is -0.422. The fourth-order valence-corrected chi connectivity index (χ4v) is 2.79. The quantitative estimate of drug-likeness (QED) is 0.871. The molecule has 2 rings (SSSR count). The van der Waals surface area contributed by atoms with Crippen LogP contribution >= 0.6 is 15.9 Å².